The van der Waals surface area contributed by atoms with E-state index < -0.39 is 0 Å². The second kappa shape index (κ2) is 3.36. The molecule has 0 aromatic heterocycles. The van der Waals surface area contributed by atoms with Gasteiger partial charge in [0.05, 0.1) is 5.60 Å². The standard InChI is InChI=1S/C15H24O2/c1-9(2)15-8-7-14(4,17-15)11-6-5-10(3)12(11)13(15)16/h9,11,13,16H,5-8H2,1-4H3/t11-,13+,14-,15-/m0/s1. The van der Waals surface area contributed by atoms with Crippen LogP contribution in [0.25, 0.3) is 0 Å². The summed E-state index contributed by atoms with van der Waals surface area (Å²) in [5, 5.41) is 10.8. The summed E-state index contributed by atoms with van der Waals surface area (Å²) >= 11 is 0. The van der Waals surface area contributed by atoms with Crippen LogP contribution >= 0.6 is 0 Å². The molecule has 2 bridgehead atoms. The van der Waals surface area contributed by atoms with E-state index in [0.717, 1.165) is 19.3 Å². The summed E-state index contributed by atoms with van der Waals surface area (Å²) in [6, 6.07) is 0. The molecular weight excluding hydrogens is 212 g/mol. The highest BCUT2D eigenvalue weighted by molar-refractivity contribution is 5.35. The van der Waals surface area contributed by atoms with Gasteiger partial charge >= 0.3 is 0 Å². The zero-order valence-electron chi connectivity index (χ0n) is 11.4. The van der Waals surface area contributed by atoms with Gasteiger partial charge in [-0.3, -0.25) is 0 Å². The molecule has 0 spiro atoms. The summed E-state index contributed by atoms with van der Waals surface area (Å²) in [5.41, 5.74) is 2.41. The number of aliphatic hydroxyl groups is 1. The van der Waals surface area contributed by atoms with Crippen LogP contribution in [0.4, 0.5) is 0 Å². The van der Waals surface area contributed by atoms with Crippen molar-refractivity contribution in [3.8, 4) is 0 Å². The molecule has 0 saturated carbocycles. The largest absolute Gasteiger partial charge is 0.386 e. The molecular formula is C15H24O2. The second-order valence-corrected chi connectivity index (χ2v) is 6.75. The highest BCUT2D eigenvalue weighted by Gasteiger charge is 2.63. The minimum absolute atomic E-state index is 0.0173. The molecule has 3 rings (SSSR count). The minimum Gasteiger partial charge on any atom is -0.386 e. The van der Waals surface area contributed by atoms with Crippen LogP contribution in [0.3, 0.4) is 0 Å². The Bertz CT molecular complexity index is 384. The normalized spacial score (nSPS) is 49.1. The lowest BCUT2D eigenvalue weighted by molar-refractivity contribution is -0.202. The first-order chi connectivity index (χ1) is 7.91. The lowest BCUT2D eigenvalue weighted by Crippen LogP contribution is -2.56. The number of aliphatic hydroxyl groups excluding tert-OH is 1. The van der Waals surface area contributed by atoms with Gasteiger partial charge in [0.25, 0.3) is 0 Å². The molecule has 1 N–H and O–H groups in total. The smallest absolute Gasteiger partial charge is 0.105 e. The summed E-state index contributed by atoms with van der Waals surface area (Å²) in [6.07, 6.45) is 4.05. The molecule has 2 nitrogen and oxygen atoms in total. The maximum absolute atomic E-state index is 10.8. The summed E-state index contributed by atoms with van der Waals surface area (Å²) in [5.74, 6) is 0.841. The van der Waals surface area contributed by atoms with Gasteiger partial charge in [0, 0.05) is 5.92 Å². The molecule has 96 valence electrons. The number of ether oxygens (including phenoxy) is 1. The zero-order valence-corrected chi connectivity index (χ0v) is 11.4. The molecule has 17 heavy (non-hydrogen) atoms. The Labute approximate surface area is 104 Å². The van der Waals surface area contributed by atoms with Crippen LogP contribution in [0.2, 0.25) is 0 Å². The third-order valence-corrected chi connectivity index (χ3v) is 5.58. The molecule has 0 radical (unpaired) electrons. The molecule has 0 amide bonds. The summed E-state index contributed by atoms with van der Waals surface area (Å²) in [4.78, 5) is 0. The molecule has 2 aliphatic heterocycles. The van der Waals surface area contributed by atoms with Crippen molar-refractivity contribution in [1.82, 2.24) is 0 Å². The van der Waals surface area contributed by atoms with Crippen LogP contribution in [-0.4, -0.2) is 22.4 Å². The van der Waals surface area contributed by atoms with Crippen molar-refractivity contribution < 1.29 is 9.84 Å². The van der Waals surface area contributed by atoms with Gasteiger partial charge in [-0.15, -0.1) is 0 Å². The van der Waals surface area contributed by atoms with Crippen molar-refractivity contribution in [3.63, 3.8) is 0 Å². The summed E-state index contributed by atoms with van der Waals surface area (Å²) < 4.78 is 6.42. The van der Waals surface area contributed by atoms with Crippen molar-refractivity contribution >= 4 is 0 Å². The molecule has 1 aliphatic carbocycles. The van der Waals surface area contributed by atoms with Gasteiger partial charge in [0.1, 0.15) is 11.7 Å². The molecule has 2 fully saturated rings. The molecule has 4 atom stereocenters. The van der Waals surface area contributed by atoms with Gasteiger partial charge < -0.3 is 9.84 Å². The number of rotatable bonds is 1. The molecule has 0 unspecified atom stereocenters. The maximum Gasteiger partial charge on any atom is 0.105 e. The average Bonchev–Trinajstić information content (AvgIpc) is 2.78. The Morgan fingerprint density at radius 2 is 2.06 bits per heavy atom. The minimum atomic E-state index is -0.370. The molecule has 3 aliphatic rings. The fourth-order valence-electron chi connectivity index (χ4n) is 4.42. The first kappa shape index (κ1) is 11.7. The predicted octanol–water partition coefficient (Wildman–Crippen LogP) is 3.05. The van der Waals surface area contributed by atoms with Crippen LogP contribution in [-0.2, 0) is 4.74 Å². The maximum atomic E-state index is 10.8. The van der Waals surface area contributed by atoms with Crippen molar-refractivity contribution in [3.05, 3.63) is 11.1 Å². The first-order valence-electron chi connectivity index (χ1n) is 6.98. The predicted molar refractivity (Wildman–Crippen MR) is 67.7 cm³/mol. The third kappa shape index (κ3) is 1.29. The topological polar surface area (TPSA) is 29.5 Å². The van der Waals surface area contributed by atoms with Crippen molar-refractivity contribution in [2.24, 2.45) is 11.8 Å². The fraction of sp³-hybridized carbons (Fsp3) is 0.867. The Morgan fingerprint density at radius 1 is 1.35 bits per heavy atom. The molecule has 0 aromatic carbocycles. The number of fused-ring (bicyclic) bond motifs is 4. The van der Waals surface area contributed by atoms with Gasteiger partial charge in [0.2, 0.25) is 0 Å². The molecule has 2 saturated heterocycles. The highest BCUT2D eigenvalue weighted by Crippen LogP contribution is 2.59. The van der Waals surface area contributed by atoms with Gasteiger partial charge in [0.15, 0.2) is 0 Å². The van der Waals surface area contributed by atoms with E-state index in [9.17, 15) is 5.11 Å². The van der Waals surface area contributed by atoms with E-state index in [1.807, 2.05) is 0 Å². The number of hydrogen-bond acceptors (Lipinski definition) is 2. The quantitative estimate of drug-likeness (QED) is 0.709. The molecule has 2 heterocycles. The second-order valence-electron chi connectivity index (χ2n) is 6.75. The van der Waals surface area contributed by atoms with E-state index in [4.69, 9.17) is 4.74 Å². The van der Waals surface area contributed by atoms with E-state index >= 15 is 0 Å². The van der Waals surface area contributed by atoms with Crippen LogP contribution in [0, 0.1) is 11.8 Å². The van der Waals surface area contributed by atoms with E-state index in [2.05, 4.69) is 27.7 Å². The van der Waals surface area contributed by atoms with E-state index in [1.54, 1.807) is 0 Å². The Kier molecular flexibility index (Phi) is 2.32. The number of allylic oxidation sites excluding steroid dienone is 1. The molecule has 2 heteroatoms. The Hall–Kier alpha value is -0.340. The lowest BCUT2D eigenvalue weighted by Gasteiger charge is -2.49. The zero-order chi connectivity index (χ0) is 12.4. The highest BCUT2D eigenvalue weighted by atomic mass is 16.5. The van der Waals surface area contributed by atoms with Crippen LogP contribution in [0.1, 0.15) is 53.4 Å². The fourth-order valence-corrected chi connectivity index (χ4v) is 4.42. The number of hydrogen-bond donors (Lipinski definition) is 1. The van der Waals surface area contributed by atoms with Crippen LogP contribution < -0.4 is 0 Å². The van der Waals surface area contributed by atoms with Crippen molar-refractivity contribution in [2.45, 2.75) is 70.7 Å². The Morgan fingerprint density at radius 3 is 2.71 bits per heavy atom. The van der Waals surface area contributed by atoms with Gasteiger partial charge in [-0.1, -0.05) is 19.4 Å². The third-order valence-electron chi connectivity index (χ3n) is 5.58. The summed E-state index contributed by atoms with van der Waals surface area (Å²) in [7, 11) is 0. The van der Waals surface area contributed by atoms with Crippen molar-refractivity contribution in [2.75, 3.05) is 0 Å². The van der Waals surface area contributed by atoms with E-state index in [1.165, 1.54) is 17.6 Å². The van der Waals surface area contributed by atoms with Crippen LogP contribution in [0.5, 0.6) is 0 Å². The van der Waals surface area contributed by atoms with Crippen LogP contribution in [0.15, 0.2) is 11.1 Å². The van der Waals surface area contributed by atoms with E-state index in [-0.39, 0.29) is 17.3 Å². The first-order valence-corrected chi connectivity index (χ1v) is 6.98. The summed E-state index contributed by atoms with van der Waals surface area (Å²) in [6.45, 7) is 8.81. The van der Waals surface area contributed by atoms with Gasteiger partial charge in [-0.2, -0.15) is 0 Å². The SMILES string of the molecule is CC1=C2[C@@H](O)[C@@]3(C(C)C)CC[C@](C)(O3)[C@H]2CC1. The van der Waals surface area contributed by atoms with Gasteiger partial charge in [-0.05, 0) is 51.0 Å². The van der Waals surface area contributed by atoms with Crippen molar-refractivity contribution in [1.29, 1.82) is 0 Å². The molecule has 0 aromatic rings. The average molecular weight is 236 g/mol. The Balaban J connectivity index is 2.11. The van der Waals surface area contributed by atoms with E-state index in [0.29, 0.717) is 11.8 Å². The monoisotopic (exact) mass is 236 g/mol. The van der Waals surface area contributed by atoms with Gasteiger partial charge in [-0.25, -0.2) is 0 Å². The lowest BCUT2D eigenvalue weighted by atomic mass is 9.74.